The molecule has 14 heavy (non-hydrogen) atoms. The van der Waals surface area contributed by atoms with Gasteiger partial charge in [-0.25, -0.2) is 0 Å². The molecule has 1 rings (SSSR count). The van der Waals surface area contributed by atoms with Crippen molar-refractivity contribution in [2.75, 3.05) is 6.54 Å². The molecule has 1 fully saturated rings. The topological polar surface area (TPSA) is 44.1 Å². The summed E-state index contributed by atoms with van der Waals surface area (Å²) >= 11 is 0. The SMILES string of the molecule is CC(C)C(C)C(=O)N1CCCC1C#N. The first-order valence-electron chi connectivity index (χ1n) is 5.28. The number of carbonyl (C=O) groups is 1. The van der Waals surface area contributed by atoms with Gasteiger partial charge in [0.25, 0.3) is 0 Å². The summed E-state index contributed by atoms with van der Waals surface area (Å²) in [4.78, 5) is 13.7. The lowest BCUT2D eigenvalue weighted by Crippen LogP contribution is -2.39. The van der Waals surface area contributed by atoms with E-state index in [2.05, 4.69) is 6.07 Å². The number of amides is 1. The number of carbonyl (C=O) groups excluding carboxylic acids is 1. The van der Waals surface area contributed by atoms with E-state index in [0.29, 0.717) is 5.92 Å². The van der Waals surface area contributed by atoms with Crippen LogP contribution in [0, 0.1) is 23.2 Å². The molecule has 2 unspecified atom stereocenters. The molecule has 0 N–H and O–H groups in total. The predicted octanol–water partition coefficient (Wildman–Crippen LogP) is 1.79. The molecule has 0 aromatic carbocycles. The van der Waals surface area contributed by atoms with Gasteiger partial charge in [0.2, 0.25) is 5.91 Å². The molecule has 2 atom stereocenters. The first kappa shape index (κ1) is 11.0. The molecule has 3 nitrogen and oxygen atoms in total. The van der Waals surface area contributed by atoms with Crippen LogP contribution in [0.25, 0.3) is 0 Å². The second-order valence-corrected chi connectivity index (χ2v) is 4.35. The largest absolute Gasteiger partial charge is 0.326 e. The lowest BCUT2D eigenvalue weighted by molar-refractivity contribution is -0.136. The summed E-state index contributed by atoms with van der Waals surface area (Å²) in [6, 6.07) is 2.02. The van der Waals surface area contributed by atoms with Gasteiger partial charge in [0.1, 0.15) is 6.04 Å². The maximum absolute atomic E-state index is 11.9. The van der Waals surface area contributed by atoms with Gasteiger partial charge in [-0.2, -0.15) is 5.26 Å². The predicted molar refractivity (Wildman–Crippen MR) is 54.4 cm³/mol. The summed E-state index contributed by atoms with van der Waals surface area (Å²) in [5.41, 5.74) is 0. The van der Waals surface area contributed by atoms with Crippen LogP contribution in [0.5, 0.6) is 0 Å². The second-order valence-electron chi connectivity index (χ2n) is 4.35. The lowest BCUT2D eigenvalue weighted by Gasteiger charge is -2.25. The Morgan fingerprint density at radius 3 is 2.64 bits per heavy atom. The van der Waals surface area contributed by atoms with Crippen molar-refractivity contribution in [2.45, 2.75) is 39.7 Å². The Bertz CT molecular complexity index is 255. The zero-order chi connectivity index (χ0) is 10.7. The highest BCUT2D eigenvalue weighted by molar-refractivity contribution is 5.79. The molecular weight excluding hydrogens is 176 g/mol. The van der Waals surface area contributed by atoms with Crippen molar-refractivity contribution in [1.82, 2.24) is 4.90 Å². The van der Waals surface area contributed by atoms with Gasteiger partial charge in [0.05, 0.1) is 6.07 Å². The summed E-state index contributed by atoms with van der Waals surface area (Å²) in [6.45, 7) is 6.79. The van der Waals surface area contributed by atoms with Crippen molar-refractivity contribution in [1.29, 1.82) is 5.26 Å². The zero-order valence-corrected chi connectivity index (χ0v) is 9.16. The van der Waals surface area contributed by atoms with E-state index in [-0.39, 0.29) is 17.9 Å². The number of nitrogens with zero attached hydrogens (tertiary/aromatic N) is 2. The molecule has 0 saturated carbocycles. The fourth-order valence-electron chi connectivity index (χ4n) is 1.71. The normalized spacial score (nSPS) is 23.6. The second kappa shape index (κ2) is 4.45. The standard InChI is InChI=1S/C11H18N2O/c1-8(2)9(3)11(14)13-6-4-5-10(13)7-12/h8-10H,4-6H2,1-3H3. The molecule has 0 radical (unpaired) electrons. The van der Waals surface area contributed by atoms with Crippen LogP contribution in [0.2, 0.25) is 0 Å². The Morgan fingerprint density at radius 1 is 1.50 bits per heavy atom. The molecule has 1 aliphatic heterocycles. The van der Waals surface area contributed by atoms with E-state index in [1.165, 1.54) is 0 Å². The van der Waals surface area contributed by atoms with E-state index in [0.717, 1.165) is 19.4 Å². The Labute approximate surface area is 85.7 Å². The first-order chi connectivity index (χ1) is 6.57. The van der Waals surface area contributed by atoms with E-state index < -0.39 is 0 Å². The first-order valence-corrected chi connectivity index (χ1v) is 5.28. The third-order valence-corrected chi connectivity index (χ3v) is 3.07. The average molecular weight is 194 g/mol. The van der Waals surface area contributed by atoms with E-state index >= 15 is 0 Å². The van der Waals surface area contributed by atoms with E-state index in [9.17, 15) is 4.79 Å². The van der Waals surface area contributed by atoms with Crippen LogP contribution in [0.3, 0.4) is 0 Å². The Kier molecular flexibility index (Phi) is 3.51. The number of nitriles is 1. The van der Waals surface area contributed by atoms with Crippen LogP contribution >= 0.6 is 0 Å². The Hall–Kier alpha value is -1.04. The van der Waals surface area contributed by atoms with Crippen molar-refractivity contribution < 1.29 is 4.79 Å². The van der Waals surface area contributed by atoms with Crippen molar-refractivity contribution in [3.8, 4) is 6.07 Å². The summed E-state index contributed by atoms with van der Waals surface area (Å²) in [6.07, 6.45) is 1.81. The fourth-order valence-corrected chi connectivity index (χ4v) is 1.71. The number of rotatable bonds is 2. The smallest absolute Gasteiger partial charge is 0.226 e. The molecule has 1 heterocycles. The highest BCUT2D eigenvalue weighted by Gasteiger charge is 2.31. The molecule has 0 aromatic heterocycles. The summed E-state index contributed by atoms with van der Waals surface area (Å²) in [5.74, 6) is 0.524. The highest BCUT2D eigenvalue weighted by Crippen LogP contribution is 2.21. The number of hydrogen-bond donors (Lipinski definition) is 0. The maximum Gasteiger partial charge on any atom is 0.226 e. The minimum absolute atomic E-state index is 0.0314. The monoisotopic (exact) mass is 194 g/mol. The molecule has 1 amide bonds. The van der Waals surface area contributed by atoms with Gasteiger partial charge >= 0.3 is 0 Å². The third-order valence-electron chi connectivity index (χ3n) is 3.07. The van der Waals surface area contributed by atoms with Crippen molar-refractivity contribution in [2.24, 2.45) is 11.8 Å². The van der Waals surface area contributed by atoms with Crippen molar-refractivity contribution in [3.63, 3.8) is 0 Å². The van der Waals surface area contributed by atoms with Crippen molar-refractivity contribution >= 4 is 5.91 Å². The van der Waals surface area contributed by atoms with Crippen LogP contribution in [-0.2, 0) is 4.79 Å². The van der Waals surface area contributed by atoms with Gasteiger partial charge in [-0.15, -0.1) is 0 Å². The minimum Gasteiger partial charge on any atom is -0.326 e. The Morgan fingerprint density at radius 2 is 2.14 bits per heavy atom. The molecule has 3 heteroatoms. The van der Waals surface area contributed by atoms with Gasteiger partial charge < -0.3 is 4.90 Å². The summed E-state index contributed by atoms with van der Waals surface area (Å²) in [5, 5.41) is 8.86. The molecule has 0 aromatic rings. The van der Waals surface area contributed by atoms with Crippen molar-refractivity contribution in [3.05, 3.63) is 0 Å². The summed E-state index contributed by atoms with van der Waals surface area (Å²) < 4.78 is 0. The lowest BCUT2D eigenvalue weighted by atomic mass is 9.96. The molecule has 0 spiro atoms. The number of hydrogen-bond acceptors (Lipinski definition) is 2. The van der Waals surface area contributed by atoms with Crippen LogP contribution < -0.4 is 0 Å². The highest BCUT2D eigenvalue weighted by atomic mass is 16.2. The van der Waals surface area contributed by atoms with Gasteiger partial charge in [0.15, 0.2) is 0 Å². The van der Waals surface area contributed by atoms with E-state index in [1.54, 1.807) is 4.90 Å². The molecule has 0 aliphatic carbocycles. The number of likely N-dealkylation sites (tertiary alicyclic amines) is 1. The molecule has 1 aliphatic rings. The molecule has 0 bridgehead atoms. The fraction of sp³-hybridized carbons (Fsp3) is 0.818. The quantitative estimate of drug-likeness (QED) is 0.672. The molecule has 1 saturated heterocycles. The van der Waals surface area contributed by atoms with Crippen LogP contribution in [-0.4, -0.2) is 23.4 Å². The van der Waals surface area contributed by atoms with Gasteiger partial charge in [-0.3, -0.25) is 4.79 Å². The molecule has 78 valence electrons. The van der Waals surface area contributed by atoms with Gasteiger partial charge in [0, 0.05) is 12.5 Å². The average Bonchev–Trinajstić information content (AvgIpc) is 2.62. The minimum atomic E-state index is -0.177. The maximum atomic E-state index is 11.9. The van der Waals surface area contributed by atoms with Gasteiger partial charge in [-0.1, -0.05) is 20.8 Å². The van der Waals surface area contributed by atoms with Crippen LogP contribution in [0.15, 0.2) is 0 Å². The van der Waals surface area contributed by atoms with Crippen LogP contribution in [0.1, 0.15) is 33.6 Å². The van der Waals surface area contributed by atoms with Gasteiger partial charge in [-0.05, 0) is 18.8 Å². The van der Waals surface area contributed by atoms with Crippen LogP contribution in [0.4, 0.5) is 0 Å². The third kappa shape index (κ3) is 2.06. The Balaban J connectivity index is 2.65. The zero-order valence-electron chi connectivity index (χ0n) is 9.16. The molecular formula is C11H18N2O. The summed E-state index contributed by atoms with van der Waals surface area (Å²) in [7, 11) is 0. The van der Waals surface area contributed by atoms with E-state index in [4.69, 9.17) is 5.26 Å². The van der Waals surface area contributed by atoms with E-state index in [1.807, 2.05) is 20.8 Å².